The van der Waals surface area contributed by atoms with E-state index in [1.807, 2.05) is 31.2 Å². The van der Waals surface area contributed by atoms with E-state index in [-0.39, 0.29) is 5.69 Å². The van der Waals surface area contributed by atoms with E-state index in [1.165, 1.54) is 6.07 Å². The Morgan fingerprint density at radius 2 is 1.76 bits per heavy atom. The minimum atomic E-state index is -4.64. The van der Waals surface area contributed by atoms with E-state index in [9.17, 15) is 26.4 Å². The number of hydrogen-bond donors (Lipinski definition) is 1. The molecule has 2 aromatic carbocycles. The molecule has 0 bridgehead atoms. The molecule has 10 heteroatoms. The number of nitrogens with zero attached hydrogens (tertiary/aromatic N) is 2. The van der Waals surface area contributed by atoms with E-state index >= 15 is 0 Å². The molecule has 0 aromatic heterocycles. The number of halogens is 3. The van der Waals surface area contributed by atoms with Crippen LogP contribution in [0.5, 0.6) is 0 Å². The molecule has 0 fully saturated rings. The number of rotatable bonds is 6. The number of benzene rings is 2. The number of sulfonamides is 1. The van der Waals surface area contributed by atoms with Gasteiger partial charge in [-0.3, -0.25) is 9.10 Å². The second kappa shape index (κ2) is 8.64. The summed E-state index contributed by atoms with van der Waals surface area (Å²) in [5.74, 6) is -0.792. The molecule has 0 saturated carbocycles. The van der Waals surface area contributed by atoms with Crippen molar-refractivity contribution in [2.75, 3.05) is 17.1 Å². The van der Waals surface area contributed by atoms with Crippen LogP contribution in [0.2, 0.25) is 0 Å². The Bertz CT molecular complexity index is 1020. The third-order valence-corrected chi connectivity index (χ3v) is 5.11. The fraction of sp³-hybridized carbons (Fsp3) is 0.263. The second-order valence-corrected chi connectivity index (χ2v) is 8.32. The minimum absolute atomic E-state index is 0.267. The summed E-state index contributed by atoms with van der Waals surface area (Å²) in [5, 5.41) is 3.93. The van der Waals surface area contributed by atoms with Gasteiger partial charge in [-0.25, -0.2) is 13.8 Å². The molecule has 0 aliphatic heterocycles. The summed E-state index contributed by atoms with van der Waals surface area (Å²) in [6.07, 6.45) is -3.84. The first-order chi connectivity index (χ1) is 13.4. The molecule has 156 valence electrons. The SMILES string of the molecule is C/C(=N/NC(=O)CN(c1cccc(C(F)(F)F)c1)S(C)(=O)=O)c1ccc(C)cc1. The van der Waals surface area contributed by atoms with Crippen molar-refractivity contribution in [2.45, 2.75) is 20.0 Å². The highest BCUT2D eigenvalue weighted by Crippen LogP contribution is 2.32. The van der Waals surface area contributed by atoms with Crippen LogP contribution >= 0.6 is 0 Å². The van der Waals surface area contributed by atoms with Crippen LogP contribution in [0.4, 0.5) is 18.9 Å². The Balaban J connectivity index is 2.20. The zero-order valence-corrected chi connectivity index (χ0v) is 16.8. The molecule has 1 amide bonds. The molecule has 0 saturated heterocycles. The number of aryl methyl sites for hydroxylation is 1. The molecule has 0 aliphatic carbocycles. The molecule has 6 nitrogen and oxygen atoms in total. The molecule has 1 N–H and O–H groups in total. The van der Waals surface area contributed by atoms with Crippen molar-refractivity contribution in [3.8, 4) is 0 Å². The minimum Gasteiger partial charge on any atom is -0.271 e. The first-order valence-electron chi connectivity index (χ1n) is 8.43. The number of alkyl halides is 3. The molecule has 0 aliphatic rings. The van der Waals surface area contributed by atoms with Crippen LogP contribution in [-0.2, 0) is 21.0 Å². The predicted octanol–water partition coefficient (Wildman–Crippen LogP) is 3.32. The van der Waals surface area contributed by atoms with Gasteiger partial charge in [-0.2, -0.15) is 18.3 Å². The number of carbonyl (C=O) groups excluding carboxylic acids is 1. The Labute approximate surface area is 167 Å². The van der Waals surface area contributed by atoms with Gasteiger partial charge in [0.2, 0.25) is 10.0 Å². The van der Waals surface area contributed by atoms with Crippen molar-refractivity contribution in [3.63, 3.8) is 0 Å². The van der Waals surface area contributed by atoms with Crippen LogP contribution in [0.15, 0.2) is 53.6 Å². The van der Waals surface area contributed by atoms with Gasteiger partial charge in [-0.1, -0.05) is 35.9 Å². The lowest BCUT2D eigenvalue weighted by molar-refractivity contribution is -0.137. The molecule has 0 heterocycles. The number of nitrogens with one attached hydrogen (secondary N) is 1. The molecule has 2 rings (SSSR count). The van der Waals surface area contributed by atoms with E-state index < -0.39 is 34.2 Å². The number of anilines is 1. The van der Waals surface area contributed by atoms with Crippen LogP contribution in [0.25, 0.3) is 0 Å². The lowest BCUT2D eigenvalue weighted by Crippen LogP contribution is -2.39. The molecule has 0 atom stereocenters. The lowest BCUT2D eigenvalue weighted by Gasteiger charge is -2.22. The number of hydrogen-bond acceptors (Lipinski definition) is 4. The van der Waals surface area contributed by atoms with E-state index in [1.54, 1.807) is 6.92 Å². The van der Waals surface area contributed by atoms with Gasteiger partial charge in [0, 0.05) is 0 Å². The summed E-state index contributed by atoms with van der Waals surface area (Å²) >= 11 is 0. The van der Waals surface area contributed by atoms with Crippen LogP contribution in [0.3, 0.4) is 0 Å². The summed E-state index contributed by atoms with van der Waals surface area (Å²) in [6, 6.07) is 11.1. The summed E-state index contributed by atoms with van der Waals surface area (Å²) in [4.78, 5) is 12.2. The van der Waals surface area contributed by atoms with Crippen LogP contribution in [-0.4, -0.2) is 32.8 Å². The van der Waals surface area contributed by atoms with Crippen LogP contribution < -0.4 is 9.73 Å². The maximum absolute atomic E-state index is 12.9. The van der Waals surface area contributed by atoms with Gasteiger partial charge in [0.15, 0.2) is 0 Å². The predicted molar refractivity (Wildman–Crippen MR) is 105 cm³/mol. The van der Waals surface area contributed by atoms with Crippen LogP contribution in [0, 0.1) is 6.92 Å². The van der Waals surface area contributed by atoms with Gasteiger partial charge in [-0.05, 0) is 37.6 Å². The Kier molecular flexibility index (Phi) is 6.68. The fourth-order valence-corrected chi connectivity index (χ4v) is 3.26. The van der Waals surface area contributed by atoms with E-state index in [4.69, 9.17) is 0 Å². The van der Waals surface area contributed by atoms with E-state index in [2.05, 4.69) is 10.5 Å². The quantitative estimate of drug-likeness (QED) is 0.567. The first-order valence-corrected chi connectivity index (χ1v) is 10.3. The largest absolute Gasteiger partial charge is 0.416 e. The highest BCUT2D eigenvalue weighted by Gasteiger charge is 2.32. The normalized spacial score (nSPS) is 12.6. The highest BCUT2D eigenvalue weighted by atomic mass is 32.2. The molecular formula is C19H20F3N3O3S. The monoisotopic (exact) mass is 427 g/mol. The number of carbonyl (C=O) groups is 1. The summed E-state index contributed by atoms with van der Waals surface area (Å²) < 4.78 is 63.5. The molecule has 29 heavy (non-hydrogen) atoms. The second-order valence-electron chi connectivity index (χ2n) is 6.42. The zero-order valence-electron chi connectivity index (χ0n) is 16.0. The average molecular weight is 427 g/mol. The van der Waals surface area contributed by atoms with Crippen molar-refractivity contribution in [3.05, 3.63) is 65.2 Å². The third kappa shape index (κ3) is 6.31. The third-order valence-electron chi connectivity index (χ3n) is 3.97. The molecule has 0 unspecified atom stereocenters. The Morgan fingerprint density at radius 1 is 1.14 bits per heavy atom. The van der Waals surface area contributed by atoms with Gasteiger partial charge in [0.1, 0.15) is 6.54 Å². The maximum atomic E-state index is 12.9. The first kappa shape index (κ1) is 22.4. The van der Waals surface area contributed by atoms with E-state index in [0.29, 0.717) is 16.1 Å². The lowest BCUT2D eigenvalue weighted by atomic mass is 10.1. The summed E-state index contributed by atoms with van der Waals surface area (Å²) in [6.45, 7) is 2.86. The van der Waals surface area contributed by atoms with Crippen molar-refractivity contribution >= 4 is 27.3 Å². The molecule has 2 aromatic rings. The molecular weight excluding hydrogens is 407 g/mol. The standard InChI is InChI=1S/C19H20F3N3O3S/c1-13-7-9-15(10-8-13)14(2)23-24-18(26)12-25(29(3,27)28)17-6-4-5-16(11-17)19(20,21)22/h4-11H,12H2,1-3H3,(H,24,26)/b23-14-. The topological polar surface area (TPSA) is 78.8 Å². The van der Waals surface area contributed by atoms with Gasteiger partial charge in [0.05, 0.1) is 23.2 Å². The molecule has 0 radical (unpaired) electrons. The van der Waals surface area contributed by atoms with E-state index in [0.717, 1.165) is 29.5 Å². The van der Waals surface area contributed by atoms with Gasteiger partial charge in [0.25, 0.3) is 5.91 Å². The summed E-state index contributed by atoms with van der Waals surface area (Å²) in [5.41, 5.74) is 3.25. The van der Waals surface area contributed by atoms with Gasteiger partial charge < -0.3 is 0 Å². The number of hydrazone groups is 1. The van der Waals surface area contributed by atoms with Gasteiger partial charge >= 0.3 is 6.18 Å². The Morgan fingerprint density at radius 3 is 2.31 bits per heavy atom. The van der Waals surface area contributed by atoms with Crippen molar-refractivity contribution in [2.24, 2.45) is 5.10 Å². The highest BCUT2D eigenvalue weighted by molar-refractivity contribution is 7.92. The fourth-order valence-electron chi connectivity index (χ4n) is 2.41. The maximum Gasteiger partial charge on any atom is 0.416 e. The van der Waals surface area contributed by atoms with Crippen LogP contribution in [0.1, 0.15) is 23.6 Å². The average Bonchev–Trinajstić information content (AvgIpc) is 2.63. The smallest absolute Gasteiger partial charge is 0.271 e. The number of amides is 1. The summed E-state index contributed by atoms with van der Waals surface area (Å²) in [7, 11) is -4.01. The van der Waals surface area contributed by atoms with Crippen molar-refractivity contribution in [1.82, 2.24) is 5.43 Å². The van der Waals surface area contributed by atoms with Crippen molar-refractivity contribution in [1.29, 1.82) is 0 Å². The van der Waals surface area contributed by atoms with Crippen molar-refractivity contribution < 1.29 is 26.4 Å². The Hall–Kier alpha value is -2.88. The van der Waals surface area contributed by atoms with Gasteiger partial charge in [-0.15, -0.1) is 0 Å². The zero-order chi connectivity index (χ0) is 21.8. The molecule has 0 spiro atoms.